The van der Waals surface area contributed by atoms with Gasteiger partial charge in [-0.1, -0.05) is 30.2 Å². The number of carbonyl (C=O) groups excluding carboxylic acids is 1. The van der Waals surface area contributed by atoms with Crippen molar-refractivity contribution in [2.45, 2.75) is 37.3 Å². The number of rotatable bonds is 5. The van der Waals surface area contributed by atoms with Crippen molar-refractivity contribution in [2.75, 3.05) is 19.7 Å². The van der Waals surface area contributed by atoms with Crippen LogP contribution in [-0.4, -0.2) is 30.5 Å². The summed E-state index contributed by atoms with van der Waals surface area (Å²) in [5.74, 6) is 0.732. The highest BCUT2D eigenvalue weighted by atomic mass is 35.5. The maximum Gasteiger partial charge on any atom is 0.416 e. The molecule has 2 aliphatic rings. The number of benzene rings is 2. The highest BCUT2D eigenvalue weighted by Crippen LogP contribution is 2.46. The third kappa shape index (κ3) is 4.15. The quantitative estimate of drug-likeness (QED) is 0.599. The summed E-state index contributed by atoms with van der Waals surface area (Å²) in [6, 6.07) is 12.3. The number of hydrogen-bond acceptors (Lipinski definition) is 2. The lowest BCUT2D eigenvalue weighted by atomic mass is 9.63. The van der Waals surface area contributed by atoms with Crippen LogP contribution in [0.1, 0.15) is 36.8 Å². The van der Waals surface area contributed by atoms with Gasteiger partial charge in [-0.15, -0.1) is 0 Å². The fourth-order valence-electron chi connectivity index (χ4n) is 4.34. The molecule has 4 rings (SSSR count). The molecule has 2 fully saturated rings. The fourth-order valence-corrected chi connectivity index (χ4v) is 4.46. The molecule has 0 aromatic heterocycles. The third-order valence-electron chi connectivity index (χ3n) is 6.25. The zero-order chi connectivity index (χ0) is 21.4. The Kier molecular flexibility index (Phi) is 5.71. The molecule has 0 radical (unpaired) electrons. The molecule has 1 saturated carbocycles. The monoisotopic (exact) mass is 437 g/mol. The Labute approximate surface area is 178 Å². The zero-order valence-corrected chi connectivity index (χ0v) is 17.2. The molecule has 1 atom stereocenters. The standard InChI is InChI=1S/C23H23ClF3NO2/c24-19-6-2-17(3-7-19)22(11-1-12-22)21(29)28-13-10-16(14-28)15-30-20-8-4-18(5-9-20)23(25,26)27/h2-9,16H,1,10-15H2/t16-/m0/s1. The van der Waals surface area contributed by atoms with Crippen molar-refractivity contribution in [2.24, 2.45) is 5.92 Å². The van der Waals surface area contributed by atoms with Crippen LogP contribution in [-0.2, 0) is 16.4 Å². The number of halogens is 4. The third-order valence-corrected chi connectivity index (χ3v) is 6.51. The minimum Gasteiger partial charge on any atom is -0.493 e. The number of likely N-dealkylation sites (tertiary alicyclic amines) is 1. The molecular formula is C23H23ClF3NO2. The highest BCUT2D eigenvalue weighted by Gasteiger charge is 2.48. The normalized spacial score (nSPS) is 20.7. The summed E-state index contributed by atoms with van der Waals surface area (Å²) < 4.78 is 43.7. The van der Waals surface area contributed by atoms with Gasteiger partial charge in [0.1, 0.15) is 5.75 Å². The zero-order valence-electron chi connectivity index (χ0n) is 16.4. The first-order valence-electron chi connectivity index (χ1n) is 10.1. The van der Waals surface area contributed by atoms with Crippen LogP contribution in [0.3, 0.4) is 0 Å². The number of ether oxygens (including phenoxy) is 1. The van der Waals surface area contributed by atoms with E-state index in [0.717, 1.165) is 43.4 Å². The fraction of sp³-hybridized carbons (Fsp3) is 0.435. The van der Waals surface area contributed by atoms with E-state index in [1.807, 2.05) is 29.2 Å². The van der Waals surface area contributed by atoms with Gasteiger partial charge in [-0.3, -0.25) is 4.79 Å². The van der Waals surface area contributed by atoms with Gasteiger partial charge in [-0.25, -0.2) is 0 Å². The average molecular weight is 438 g/mol. The van der Waals surface area contributed by atoms with E-state index in [4.69, 9.17) is 16.3 Å². The minimum atomic E-state index is -4.35. The predicted octanol–water partition coefficient (Wildman–Crippen LogP) is 5.71. The Morgan fingerprint density at radius 1 is 1.10 bits per heavy atom. The smallest absolute Gasteiger partial charge is 0.416 e. The van der Waals surface area contributed by atoms with Gasteiger partial charge in [0.15, 0.2) is 0 Å². The van der Waals surface area contributed by atoms with Gasteiger partial charge < -0.3 is 9.64 Å². The van der Waals surface area contributed by atoms with E-state index >= 15 is 0 Å². The molecule has 30 heavy (non-hydrogen) atoms. The Hall–Kier alpha value is -2.21. The van der Waals surface area contributed by atoms with Gasteiger partial charge in [0, 0.05) is 24.0 Å². The molecule has 160 valence electrons. The molecule has 3 nitrogen and oxygen atoms in total. The van der Waals surface area contributed by atoms with Crippen LogP contribution >= 0.6 is 11.6 Å². The van der Waals surface area contributed by atoms with Gasteiger partial charge >= 0.3 is 6.18 Å². The predicted molar refractivity (Wildman–Crippen MR) is 109 cm³/mol. The van der Waals surface area contributed by atoms with Crippen LogP contribution in [0.2, 0.25) is 5.02 Å². The van der Waals surface area contributed by atoms with E-state index in [0.29, 0.717) is 30.5 Å². The van der Waals surface area contributed by atoms with Crippen molar-refractivity contribution in [3.8, 4) is 5.75 Å². The lowest BCUT2D eigenvalue weighted by Gasteiger charge is -2.43. The summed E-state index contributed by atoms with van der Waals surface area (Å²) in [5.41, 5.74) is -0.124. The molecule has 7 heteroatoms. The van der Waals surface area contributed by atoms with Crippen LogP contribution in [0.25, 0.3) is 0 Å². The Balaban J connectivity index is 1.35. The first-order chi connectivity index (χ1) is 14.3. The molecule has 0 unspecified atom stereocenters. The van der Waals surface area contributed by atoms with Crippen LogP contribution < -0.4 is 4.74 Å². The summed E-state index contributed by atoms with van der Waals surface area (Å²) in [6.45, 7) is 1.66. The van der Waals surface area contributed by atoms with Gasteiger partial charge in [0.2, 0.25) is 5.91 Å². The molecule has 1 aliphatic carbocycles. The summed E-state index contributed by atoms with van der Waals surface area (Å²) in [4.78, 5) is 15.2. The van der Waals surface area contributed by atoms with E-state index in [9.17, 15) is 18.0 Å². The molecular weight excluding hydrogens is 415 g/mol. The van der Waals surface area contributed by atoms with Crippen LogP contribution in [0.15, 0.2) is 48.5 Å². The molecule has 0 N–H and O–H groups in total. The molecule has 1 aliphatic heterocycles. The van der Waals surface area contributed by atoms with Gasteiger partial charge in [-0.2, -0.15) is 13.2 Å². The maximum absolute atomic E-state index is 13.3. The molecule has 2 aromatic rings. The van der Waals surface area contributed by atoms with Crippen molar-refractivity contribution >= 4 is 17.5 Å². The highest BCUT2D eigenvalue weighted by molar-refractivity contribution is 6.30. The SMILES string of the molecule is O=C(N1CC[C@H](COc2ccc(C(F)(F)F)cc2)C1)C1(c2ccc(Cl)cc2)CCC1. The number of nitrogens with zero attached hydrogens (tertiary/aromatic N) is 1. The molecule has 0 bridgehead atoms. The summed E-state index contributed by atoms with van der Waals surface area (Å²) in [7, 11) is 0. The van der Waals surface area contributed by atoms with Crippen LogP contribution in [0.4, 0.5) is 13.2 Å². The summed E-state index contributed by atoms with van der Waals surface area (Å²) >= 11 is 6.00. The molecule has 0 spiro atoms. The molecule has 1 heterocycles. The summed E-state index contributed by atoms with van der Waals surface area (Å²) in [6.07, 6.45) is -0.814. The number of carbonyl (C=O) groups is 1. The summed E-state index contributed by atoms with van der Waals surface area (Å²) in [5, 5.41) is 0.655. The average Bonchev–Trinajstić information content (AvgIpc) is 3.15. The molecule has 1 saturated heterocycles. The van der Waals surface area contributed by atoms with E-state index in [1.54, 1.807) is 0 Å². The van der Waals surface area contributed by atoms with Crippen molar-refractivity contribution in [3.05, 3.63) is 64.7 Å². The molecule has 2 aromatic carbocycles. The Morgan fingerprint density at radius 2 is 1.77 bits per heavy atom. The largest absolute Gasteiger partial charge is 0.493 e. The van der Waals surface area contributed by atoms with Crippen LogP contribution in [0.5, 0.6) is 5.75 Å². The van der Waals surface area contributed by atoms with E-state index in [2.05, 4.69) is 0 Å². The second-order valence-electron chi connectivity index (χ2n) is 8.18. The Bertz CT molecular complexity index is 892. The van der Waals surface area contributed by atoms with Crippen molar-refractivity contribution in [3.63, 3.8) is 0 Å². The topological polar surface area (TPSA) is 29.5 Å². The number of hydrogen-bond donors (Lipinski definition) is 0. The Morgan fingerprint density at radius 3 is 2.33 bits per heavy atom. The van der Waals surface area contributed by atoms with Crippen molar-refractivity contribution in [1.29, 1.82) is 0 Å². The lowest BCUT2D eigenvalue weighted by Crippen LogP contribution is -2.50. The number of amides is 1. The number of alkyl halides is 3. The first-order valence-corrected chi connectivity index (χ1v) is 10.5. The van der Waals surface area contributed by atoms with E-state index in [1.165, 1.54) is 12.1 Å². The first kappa shape index (κ1) is 21.0. The maximum atomic E-state index is 13.3. The lowest BCUT2D eigenvalue weighted by molar-refractivity contribution is -0.140. The van der Waals surface area contributed by atoms with Crippen LogP contribution in [0, 0.1) is 5.92 Å². The van der Waals surface area contributed by atoms with Gasteiger partial charge in [-0.05, 0) is 61.2 Å². The van der Waals surface area contributed by atoms with E-state index < -0.39 is 17.2 Å². The van der Waals surface area contributed by atoms with Gasteiger partial charge in [0.05, 0.1) is 17.6 Å². The second-order valence-corrected chi connectivity index (χ2v) is 8.62. The van der Waals surface area contributed by atoms with E-state index in [-0.39, 0.29) is 11.8 Å². The van der Waals surface area contributed by atoms with Crippen molar-refractivity contribution in [1.82, 2.24) is 4.90 Å². The second kappa shape index (κ2) is 8.14. The molecule has 1 amide bonds. The van der Waals surface area contributed by atoms with Gasteiger partial charge in [0.25, 0.3) is 0 Å². The minimum absolute atomic E-state index is 0.160. The van der Waals surface area contributed by atoms with Crippen molar-refractivity contribution < 1.29 is 22.7 Å².